The second kappa shape index (κ2) is 5.73. The number of hydrogen-bond donors (Lipinski definition) is 2. The fraction of sp³-hybridized carbons (Fsp3) is 0.462. The maximum absolute atomic E-state index is 11.9. The Labute approximate surface area is 107 Å². The minimum absolute atomic E-state index is 0.168. The zero-order valence-electron chi connectivity index (χ0n) is 11.1. The molecule has 100 valence electrons. The number of amides is 1. The summed E-state index contributed by atoms with van der Waals surface area (Å²) in [5.74, 6) is 0.755. The molecule has 1 aromatic rings. The van der Waals surface area contributed by atoms with Gasteiger partial charge in [-0.2, -0.15) is 0 Å². The van der Waals surface area contributed by atoms with E-state index in [4.69, 9.17) is 9.47 Å². The monoisotopic (exact) mass is 253 g/mol. The van der Waals surface area contributed by atoms with Gasteiger partial charge in [0.1, 0.15) is 11.5 Å². The summed E-state index contributed by atoms with van der Waals surface area (Å²) in [5.41, 5.74) is -0.544. The maximum atomic E-state index is 11.9. The van der Waals surface area contributed by atoms with Gasteiger partial charge >= 0.3 is 0 Å². The fourth-order valence-corrected chi connectivity index (χ4v) is 1.38. The Bertz CT molecular complexity index is 423. The molecule has 0 aliphatic carbocycles. The molecule has 1 amide bonds. The number of nitrogens with one attached hydrogen (secondary N) is 1. The van der Waals surface area contributed by atoms with E-state index >= 15 is 0 Å². The van der Waals surface area contributed by atoms with Crippen LogP contribution in [0, 0.1) is 0 Å². The van der Waals surface area contributed by atoms with Crippen molar-refractivity contribution in [2.45, 2.75) is 19.4 Å². The molecule has 0 saturated heterocycles. The Morgan fingerprint density at radius 2 is 2.00 bits per heavy atom. The average Bonchev–Trinajstić information content (AvgIpc) is 2.34. The Hall–Kier alpha value is -1.75. The van der Waals surface area contributed by atoms with Gasteiger partial charge in [-0.15, -0.1) is 0 Å². The topological polar surface area (TPSA) is 67.8 Å². The molecular formula is C13H19NO4. The van der Waals surface area contributed by atoms with Crippen LogP contribution in [0.4, 0.5) is 0 Å². The molecule has 5 nitrogen and oxygen atoms in total. The highest BCUT2D eigenvalue weighted by Gasteiger charge is 2.17. The molecule has 0 aliphatic rings. The molecule has 0 aliphatic heterocycles. The van der Waals surface area contributed by atoms with Crippen LogP contribution in [0.25, 0.3) is 0 Å². The first-order valence-corrected chi connectivity index (χ1v) is 5.60. The van der Waals surface area contributed by atoms with Crippen molar-refractivity contribution in [3.05, 3.63) is 23.8 Å². The summed E-state index contributed by atoms with van der Waals surface area (Å²) in [7, 11) is 3.03. The van der Waals surface area contributed by atoms with Gasteiger partial charge in [0.05, 0.1) is 25.4 Å². The largest absolute Gasteiger partial charge is 0.497 e. The van der Waals surface area contributed by atoms with E-state index in [9.17, 15) is 9.90 Å². The molecule has 2 N–H and O–H groups in total. The molecule has 0 unspecified atom stereocenters. The highest BCUT2D eigenvalue weighted by Crippen LogP contribution is 2.24. The Balaban J connectivity index is 2.85. The van der Waals surface area contributed by atoms with Gasteiger partial charge < -0.3 is 19.9 Å². The van der Waals surface area contributed by atoms with Gasteiger partial charge in [0, 0.05) is 12.6 Å². The van der Waals surface area contributed by atoms with Crippen LogP contribution < -0.4 is 14.8 Å². The van der Waals surface area contributed by atoms with E-state index in [-0.39, 0.29) is 12.5 Å². The molecule has 1 rings (SSSR count). The van der Waals surface area contributed by atoms with E-state index in [1.807, 2.05) is 0 Å². The summed E-state index contributed by atoms with van der Waals surface area (Å²) >= 11 is 0. The maximum Gasteiger partial charge on any atom is 0.255 e. The van der Waals surface area contributed by atoms with Crippen LogP contribution >= 0.6 is 0 Å². The zero-order valence-corrected chi connectivity index (χ0v) is 11.1. The first-order valence-electron chi connectivity index (χ1n) is 5.60. The lowest BCUT2D eigenvalue weighted by Gasteiger charge is -2.18. The van der Waals surface area contributed by atoms with Crippen molar-refractivity contribution < 1.29 is 19.4 Å². The number of aliphatic hydroxyl groups is 1. The van der Waals surface area contributed by atoms with Crippen LogP contribution in [-0.4, -0.2) is 37.4 Å². The normalized spacial score (nSPS) is 10.9. The number of hydrogen-bond acceptors (Lipinski definition) is 4. The third-order valence-corrected chi connectivity index (χ3v) is 2.33. The fourth-order valence-electron chi connectivity index (χ4n) is 1.38. The van der Waals surface area contributed by atoms with E-state index in [0.29, 0.717) is 17.1 Å². The molecule has 0 fully saturated rings. The number of carbonyl (C=O) groups is 1. The summed E-state index contributed by atoms with van der Waals surface area (Å²) in [6, 6.07) is 4.94. The first-order chi connectivity index (χ1) is 8.37. The molecule has 0 bridgehead atoms. The summed E-state index contributed by atoms with van der Waals surface area (Å²) in [6.07, 6.45) is 0. The summed E-state index contributed by atoms with van der Waals surface area (Å²) < 4.78 is 10.2. The Kier molecular flexibility index (Phi) is 4.55. The summed E-state index contributed by atoms with van der Waals surface area (Å²) in [5, 5.41) is 12.2. The molecule has 0 radical (unpaired) electrons. The van der Waals surface area contributed by atoms with Crippen molar-refractivity contribution in [3.63, 3.8) is 0 Å². The van der Waals surface area contributed by atoms with Gasteiger partial charge in [0.2, 0.25) is 0 Å². The molecular weight excluding hydrogens is 234 g/mol. The first kappa shape index (κ1) is 14.3. The molecule has 18 heavy (non-hydrogen) atoms. The summed E-state index contributed by atoms with van der Waals surface area (Å²) in [6.45, 7) is 3.41. The minimum Gasteiger partial charge on any atom is -0.497 e. The summed E-state index contributed by atoms with van der Waals surface area (Å²) in [4.78, 5) is 11.9. The highest BCUT2D eigenvalue weighted by atomic mass is 16.5. The SMILES string of the molecule is COc1ccc(C(=O)NCC(C)(C)O)c(OC)c1. The van der Waals surface area contributed by atoms with Gasteiger partial charge in [-0.1, -0.05) is 0 Å². The lowest BCUT2D eigenvalue weighted by molar-refractivity contribution is 0.0693. The second-order valence-electron chi connectivity index (χ2n) is 4.56. The third kappa shape index (κ3) is 3.92. The average molecular weight is 253 g/mol. The number of methoxy groups -OCH3 is 2. The van der Waals surface area contributed by atoms with Crippen LogP contribution in [-0.2, 0) is 0 Å². The van der Waals surface area contributed by atoms with Crippen LogP contribution in [0.15, 0.2) is 18.2 Å². The van der Waals surface area contributed by atoms with E-state index in [0.717, 1.165) is 0 Å². The van der Waals surface area contributed by atoms with Crippen molar-refractivity contribution in [2.24, 2.45) is 0 Å². The van der Waals surface area contributed by atoms with Crippen molar-refractivity contribution in [1.29, 1.82) is 0 Å². The zero-order chi connectivity index (χ0) is 13.8. The molecule has 0 atom stereocenters. The number of carbonyl (C=O) groups excluding carboxylic acids is 1. The van der Waals surface area contributed by atoms with E-state index in [1.165, 1.54) is 7.11 Å². The highest BCUT2D eigenvalue weighted by molar-refractivity contribution is 5.97. The molecule has 0 saturated carbocycles. The van der Waals surface area contributed by atoms with Crippen molar-refractivity contribution in [3.8, 4) is 11.5 Å². The Morgan fingerprint density at radius 1 is 1.33 bits per heavy atom. The Morgan fingerprint density at radius 3 is 2.50 bits per heavy atom. The second-order valence-corrected chi connectivity index (χ2v) is 4.56. The lowest BCUT2D eigenvalue weighted by atomic mass is 10.1. The molecule has 1 aromatic carbocycles. The van der Waals surface area contributed by atoms with E-state index in [2.05, 4.69) is 5.32 Å². The third-order valence-electron chi connectivity index (χ3n) is 2.33. The molecule has 0 aromatic heterocycles. The number of benzene rings is 1. The molecule has 0 heterocycles. The predicted octanol–water partition coefficient (Wildman–Crippen LogP) is 1.20. The van der Waals surface area contributed by atoms with Gasteiger partial charge in [-0.25, -0.2) is 0 Å². The van der Waals surface area contributed by atoms with Crippen LogP contribution in [0.5, 0.6) is 11.5 Å². The van der Waals surface area contributed by atoms with Crippen molar-refractivity contribution in [2.75, 3.05) is 20.8 Å². The van der Waals surface area contributed by atoms with Gasteiger partial charge in [0.25, 0.3) is 5.91 Å². The van der Waals surface area contributed by atoms with Gasteiger partial charge in [0.15, 0.2) is 0 Å². The van der Waals surface area contributed by atoms with E-state index < -0.39 is 5.60 Å². The predicted molar refractivity (Wildman–Crippen MR) is 68.2 cm³/mol. The van der Waals surface area contributed by atoms with Crippen LogP contribution in [0.2, 0.25) is 0 Å². The molecule has 0 spiro atoms. The van der Waals surface area contributed by atoms with Crippen molar-refractivity contribution in [1.82, 2.24) is 5.32 Å². The smallest absolute Gasteiger partial charge is 0.255 e. The quantitative estimate of drug-likeness (QED) is 0.827. The van der Waals surface area contributed by atoms with Crippen LogP contribution in [0.3, 0.4) is 0 Å². The molecule has 5 heteroatoms. The lowest BCUT2D eigenvalue weighted by Crippen LogP contribution is -2.38. The number of rotatable bonds is 5. The number of ether oxygens (including phenoxy) is 2. The minimum atomic E-state index is -0.949. The van der Waals surface area contributed by atoms with Gasteiger partial charge in [-0.3, -0.25) is 4.79 Å². The van der Waals surface area contributed by atoms with Crippen molar-refractivity contribution >= 4 is 5.91 Å². The van der Waals surface area contributed by atoms with Gasteiger partial charge in [-0.05, 0) is 26.0 Å². The van der Waals surface area contributed by atoms with E-state index in [1.54, 1.807) is 39.2 Å². The van der Waals surface area contributed by atoms with Crippen LogP contribution in [0.1, 0.15) is 24.2 Å². The standard InChI is InChI=1S/C13H19NO4/c1-13(2,16)8-14-12(15)10-6-5-9(17-3)7-11(10)18-4/h5-7,16H,8H2,1-4H3,(H,14,15).